The lowest BCUT2D eigenvalue weighted by Crippen LogP contribution is -1.89. The second kappa shape index (κ2) is 4.37. The van der Waals surface area contributed by atoms with Gasteiger partial charge in [-0.25, -0.2) is 0 Å². The quantitative estimate of drug-likeness (QED) is 0.838. The molecule has 0 N–H and O–H groups in total. The van der Waals surface area contributed by atoms with E-state index < -0.39 is 0 Å². The molecule has 0 radical (unpaired) electrons. The summed E-state index contributed by atoms with van der Waals surface area (Å²) < 4.78 is 9.20. The first kappa shape index (κ1) is 10.7. The fourth-order valence-corrected chi connectivity index (χ4v) is 1.71. The number of aryl methyl sites for hydroxylation is 1. The Morgan fingerprint density at radius 1 is 1.20 bits per heavy atom. The summed E-state index contributed by atoms with van der Waals surface area (Å²) in [5, 5.41) is 4.13. The van der Waals surface area contributed by atoms with E-state index in [2.05, 4.69) is 37.0 Å². The molecule has 15 heavy (non-hydrogen) atoms. The van der Waals surface area contributed by atoms with Crippen molar-refractivity contribution >= 4 is 31.9 Å². The van der Waals surface area contributed by atoms with Crippen LogP contribution in [0.4, 0.5) is 0 Å². The van der Waals surface area contributed by atoms with Gasteiger partial charge in [0.2, 0.25) is 5.88 Å². The standard InChI is InChI=1S/C10H8Br2N2O/c1-14-5-4-10(13-14)15-7-2-3-8(11)9(12)6-7/h2-6H,1H3. The van der Waals surface area contributed by atoms with Crippen molar-refractivity contribution < 1.29 is 4.74 Å². The van der Waals surface area contributed by atoms with E-state index in [1.807, 2.05) is 37.5 Å². The lowest BCUT2D eigenvalue weighted by Gasteiger charge is -2.03. The highest BCUT2D eigenvalue weighted by molar-refractivity contribution is 9.13. The molecule has 0 atom stereocenters. The van der Waals surface area contributed by atoms with Gasteiger partial charge in [-0.3, -0.25) is 4.68 Å². The van der Waals surface area contributed by atoms with E-state index in [0.29, 0.717) is 5.88 Å². The molecule has 0 fully saturated rings. The maximum Gasteiger partial charge on any atom is 0.238 e. The summed E-state index contributed by atoms with van der Waals surface area (Å²) >= 11 is 6.81. The molecule has 1 aromatic carbocycles. The molecule has 1 heterocycles. The molecule has 0 unspecified atom stereocenters. The predicted octanol–water partition coefficient (Wildman–Crippen LogP) is 3.74. The molecular formula is C10H8Br2N2O. The van der Waals surface area contributed by atoms with Gasteiger partial charge in [0, 0.05) is 28.3 Å². The van der Waals surface area contributed by atoms with E-state index in [9.17, 15) is 0 Å². The molecule has 0 aliphatic carbocycles. The predicted molar refractivity (Wildman–Crippen MR) is 65.1 cm³/mol. The number of ether oxygens (including phenoxy) is 1. The van der Waals surface area contributed by atoms with Crippen LogP contribution < -0.4 is 4.74 Å². The first-order valence-corrected chi connectivity index (χ1v) is 5.86. The molecule has 0 aliphatic rings. The molecule has 0 saturated heterocycles. The smallest absolute Gasteiger partial charge is 0.238 e. The summed E-state index contributed by atoms with van der Waals surface area (Å²) in [4.78, 5) is 0. The number of aromatic nitrogens is 2. The fourth-order valence-electron chi connectivity index (χ4n) is 1.11. The van der Waals surface area contributed by atoms with E-state index in [0.717, 1.165) is 14.7 Å². The van der Waals surface area contributed by atoms with Crippen LogP contribution >= 0.6 is 31.9 Å². The number of rotatable bonds is 2. The largest absolute Gasteiger partial charge is 0.438 e. The van der Waals surface area contributed by atoms with Gasteiger partial charge in [0.15, 0.2) is 0 Å². The van der Waals surface area contributed by atoms with Crippen LogP contribution in [0.15, 0.2) is 39.4 Å². The third-order valence-electron chi connectivity index (χ3n) is 1.80. The summed E-state index contributed by atoms with van der Waals surface area (Å²) in [7, 11) is 1.85. The molecule has 0 saturated carbocycles. The van der Waals surface area contributed by atoms with Crippen LogP contribution in [0.2, 0.25) is 0 Å². The molecule has 0 bridgehead atoms. The van der Waals surface area contributed by atoms with Crippen LogP contribution in [0.1, 0.15) is 0 Å². The third kappa shape index (κ3) is 2.60. The van der Waals surface area contributed by atoms with Gasteiger partial charge >= 0.3 is 0 Å². The van der Waals surface area contributed by atoms with Gasteiger partial charge in [0.1, 0.15) is 5.75 Å². The van der Waals surface area contributed by atoms with Gasteiger partial charge in [-0.05, 0) is 50.1 Å². The van der Waals surface area contributed by atoms with Crippen molar-refractivity contribution in [2.45, 2.75) is 0 Å². The highest BCUT2D eigenvalue weighted by Crippen LogP contribution is 2.29. The van der Waals surface area contributed by atoms with Crippen LogP contribution in [-0.2, 0) is 7.05 Å². The average Bonchev–Trinajstić information content (AvgIpc) is 2.58. The van der Waals surface area contributed by atoms with Crippen molar-refractivity contribution in [3.8, 4) is 11.6 Å². The van der Waals surface area contributed by atoms with E-state index in [4.69, 9.17) is 4.74 Å². The van der Waals surface area contributed by atoms with Crippen molar-refractivity contribution in [2.75, 3.05) is 0 Å². The Bertz CT molecular complexity index is 482. The Morgan fingerprint density at radius 3 is 2.60 bits per heavy atom. The number of benzene rings is 1. The van der Waals surface area contributed by atoms with Gasteiger partial charge < -0.3 is 4.74 Å². The lowest BCUT2D eigenvalue weighted by molar-refractivity contribution is 0.453. The van der Waals surface area contributed by atoms with Crippen molar-refractivity contribution in [1.82, 2.24) is 9.78 Å². The molecule has 3 nitrogen and oxygen atoms in total. The zero-order chi connectivity index (χ0) is 10.8. The van der Waals surface area contributed by atoms with Gasteiger partial charge in [-0.15, -0.1) is 5.10 Å². The second-order valence-electron chi connectivity index (χ2n) is 3.01. The monoisotopic (exact) mass is 330 g/mol. The van der Waals surface area contributed by atoms with E-state index >= 15 is 0 Å². The number of halogens is 2. The van der Waals surface area contributed by atoms with Crippen LogP contribution in [-0.4, -0.2) is 9.78 Å². The maximum atomic E-state index is 5.55. The van der Waals surface area contributed by atoms with Crippen LogP contribution in [0.5, 0.6) is 11.6 Å². The summed E-state index contributed by atoms with van der Waals surface area (Å²) in [6.45, 7) is 0. The molecule has 0 aliphatic heterocycles. The minimum atomic E-state index is 0.590. The Hall–Kier alpha value is -0.810. The summed E-state index contributed by atoms with van der Waals surface area (Å²) in [5.74, 6) is 1.34. The average molecular weight is 332 g/mol. The Labute approximate surface area is 104 Å². The Morgan fingerprint density at radius 2 is 2.00 bits per heavy atom. The van der Waals surface area contributed by atoms with Crippen LogP contribution in [0, 0.1) is 0 Å². The van der Waals surface area contributed by atoms with Crippen molar-refractivity contribution in [1.29, 1.82) is 0 Å². The molecule has 5 heteroatoms. The van der Waals surface area contributed by atoms with Crippen molar-refractivity contribution in [3.05, 3.63) is 39.4 Å². The number of hydrogen-bond acceptors (Lipinski definition) is 2. The van der Waals surface area contributed by atoms with Gasteiger partial charge in [0.25, 0.3) is 0 Å². The van der Waals surface area contributed by atoms with E-state index in [1.165, 1.54) is 0 Å². The van der Waals surface area contributed by atoms with Crippen molar-refractivity contribution in [2.24, 2.45) is 7.05 Å². The first-order valence-electron chi connectivity index (χ1n) is 4.28. The zero-order valence-electron chi connectivity index (χ0n) is 7.95. The molecule has 2 rings (SSSR count). The van der Waals surface area contributed by atoms with Crippen LogP contribution in [0.3, 0.4) is 0 Å². The highest BCUT2D eigenvalue weighted by Gasteiger charge is 2.02. The second-order valence-corrected chi connectivity index (χ2v) is 4.71. The van der Waals surface area contributed by atoms with Gasteiger partial charge in [0.05, 0.1) is 0 Å². The van der Waals surface area contributed by atoms with Gasteiger partial charge in [-0.2, -0.15) is 0 Å². The summed E-state index contributed by atoms with van der Waals surface area (Å²) in [5.41, 5.74) is 0. The molecule has 0 spiro atoms. The normalized spacial score (nSPS) is 10.3. The molecule has 2 aromatic rings. The van der Waals surface area contributed by atoms with E-state index in [1.54, 1.807) is 4.68 Å². The van der Waals surface area contributed by atoms with E-state index in [-0.39, 0.29) is 0 Å². The summed E-state index contributed by atoms with van der Waals surface area (Å²) in [6, 6.07) is 7.50. The maximum absolute atomic E-state index is 5.55. The first-order chi connectivity index (χ1) is 7.15. The minimum Gasteiger partial charge on any atom is -0.438 e. The SMILES string of the molecule is Cn1ccc(Oc2ccc(Br)c(Br)c2)n1. The zero-order valence-corrected chi connectivity index (χ0v) is 11.1. The number of hydrogen-bond donors (Lipinski definition) is 0. The molecular weight excluding hydrogens is 324 g/mol. The topological polar surface area (TPSA) is 27.1 Å². The minimum absolute atomic E-state index is 0.590. The number of nitrogens with zero attached hydrogens (tertiary/aromatic N) is 2. The van der Waals surface area contributed by atoms with Crippen molar-refractivity contribution in [3.63, 3.8) is 0 Å². The lowest BCUT2D eigenvalue weighted by atomic mass is 10.3. The highest BCUT2D eigenvalue weighted by atomic mass is 79.9. The Balaban J connectivity index is 2.21. The Kier molecular flexibility index (Phi) is 3.11. The van der Waals surface area contributed by atoms with Crippen LogP contribution in [0.25, 0.3) is 0 Å². The third-order valence-corrected chi connectivity index (χ3v) is 3.68. The fraction of sp³-hybridized carbons (Fsp3) is 0.100. The molecule has 78 valence electrons. The van der Waals surface area contributed by atoms with Gasteiger partial charge in [-0.1, -0.05) is 0 Å². The summed E-state index contributed by atoms with van der Waals surface area (Å²) in [6.07, 6.45) is 1.84. The molecule has 1 aromatic heterocycles. The molecule has 0 amide bonds.